The molecule has 0 heterocycles. The number of ketones is 2. The van der Waals surface area contributed by atoms with Crippen molar-refractivity contribution in [2.24, 2.45) is 0 Å². The molecule has 0 radical (unpaired) electrons. The number of rotatable bonds is 2. The highest BCUT2D eigenvalue weighted by atomic mass is 35.5. The van der Waals surface area contributed by atoms with Crippen molar-refractivity contribution in [1.82, 2.24) is 4.90 Å². The van der Waals surface area contributed by atoms with Crippen LogP contribution in [0.5, 0.6) is 0 Å². The molecule has 0 atom stereocenters. The van der Waals surface area contributed by atoms with E-state index in [1.54, 1.807) is 20.0 Å². The summed E-state index contributed by atoms with van der Waals surface area (Å²) in [5.74, 6) is -1.30. The van der Waals surface area contributed by atoms with Gasteiger partial charge in [0, 0.05) is 13.6 Å². The quantitative estimate of drug-likeness (QED) is 0.706. The lowest BCUT2D eigenvalue weighted by molar-refractivity contribution is -0.116. The molecular formula is C10H8Cl2N2O2. The molecule has 0 fully saturated rings. The smallest absolute Gasteiger partial charge is 0.223 e. The molecule has 0 N–H and O–H groups in total. The summed E-state index contributed by atoms with van der Waals surface area (Å²) in [6, 6.07) is 1.69. The Bertz CT molecular complexity index is 472. The second kappa shape index (κ2) is 4.69. The SMILES string of the molecule is CCN(C)C1=C(C#N)C(=O)C(Cl)=C(Cl)C1=O. The van der Waals surface area contributed by atoms with Gasteiger partial charge in [-0.1, -0.05) is 23.2 Å². The first-order chi connectivity index (χ1) is 7.45. The van der Waals surface area contributed by atoms with Gasteiger partial charge in [0.05, 0.1) is 0 Å². The standard InChI is InChI=1S/C10H8Cl2N2O2/c1-3-14(2)8-5(4-13)9(15)6(11)7(12)10(8)16/h3H2,1-2H3. The average molecular weight is 259 g/mol. The second-order valence-electron chi connectivity index (χ2n) is 3.14. The van der Waals surface area contributed by atoms with Crippen LogP contribution < -0.4 is 0 Å². The Morgan fingerprint density at radius 2 is 1.75 bits per heavy atom. The van der Waals surface area contributed by atoms with Gasteiger partial charge in [-0.15, -0.1) is 0 Å². The van der Waals surface area contributed by atoms with Crippen LogP contribution in [-0.2, 0) is 9.59 Å². The van der Waals surface area contributed by atoms with Gasteiger partial charge < -0.3 is 4.90 Å². The summed E-state index contributed by atoms with van der Waals surface area (Å²) >= 11 is 11.2. The highest BCUT2D eigenvalue weighted by molar-refractivity contribution is 6.59. The Kier molecular flexibility index (Phi) is 3.74. The summed E-state index contributed by atoms with van der Waals surface area (Å²) in [6.07, 6.45) is 0. The Morgan fingerprint density at radius 1 is 1.25 bits per heavy atom. The normalized spacial score (nSPS) is 16.7. The minimum absolute atomic E-state index is 0.00407. The lowest BCUT2D eigenvalue weighted by Gasteiger charge is -2.23. The lowest BCUT2D eigenvalue weighted by Crippen LogP contribution is -2.30. The molecule has 1 aliphatic rings. The zero-order valence-electron chi connectivity index (χ0n) is 8.67. The van der Waals surface area contributed by atoms with E-state index in [4.69, 9.17) is 28.5 Å². The van der Waals surface area contributed by atoms with Crippen LogP contribution in [0.2, 0.25) is 0 Å². The number of allylic oxidation sites excluding steroid dienone is 3. The number of nitriles is 1. The van der Waals surface area contributed by atoms with E-state index >= 15 is 0 Å². The maximum Gasteiger partial charge on any atom is 0.223 e. The molecule has 0 aromatic heterocycles. The zero-order valence-corrected chi connectivity index (χ0v) is 10.2. The maximum atomic E-state index is 11.8. The molecule has 6 heteroatoms. The molecule has 84 valence electrons. The molecule has 0 unspecified atom stereocenters. The number of likely N-dealkylation sites (N-methyl/N-ethyl adjacent to an activating group) is 1. The molecule has 4 nitrogen and oxygen atoms in total. The summed E-state index contributed by atoms with van der Waals surface area (Å²) in [7, 11) is 1.60. The monoisotopic (exact) mass is 258 g/mol. The fourth-order valence-corrected chi connectivity index (χ4v) is 1.62. The summed E-state index contributed by atoms with van der Waals surface area (Å²) in [5, 5.41) is 8.14. The van der Waals surface area contributed by atoms with Crippen LogP contribution in [0, 0.1) is 11.3 Å². The molecule has 0 aromatic rings. The third kappa shape index (κ3) is 1.84. The van der Waals surface area contributed by atoms with Gasteiger partial charge >= 0.3 is 0 Å². The van der Waals surface area contributed by atoms with Gasteiger partial charge in [0.1, 0.15) is 27.4 Å². The van der Waals surface area contributed by atoms with Crippen molar-refractivity contribution >= 4 is 34.8 Å². The fraction of sp³-hybridized carbons (Fsp3) is 0.300. The van der Waals surface area contributed by atoms with Crippen LogP contribution in [0.1, 0.15) is 6.92 Å². The van der Waals surface area contributed by atoms with E-state index in [-0.39, 0.29) is 16.3 Å². The topological polar surface area (TPSA) is 61.2 Å². The predicted octanol–water partition coefficient (Wildman–Crippen LogP) is 1.56. The summed E-state index contributed by atoms with van der Waals surface area (Å²) in [4.78, 5) is 24.9. The van der Waals surface area contributed by atoms with Crippen molar-refractivity contribution in [2.75, 3.05) is 13.6 Å². The van der Waals surface area contributed by atoms with Crippen LogP contribution in [0.4, 0.5) is 0 Å². The number of nitrogens with zero attached hydrogens (tertiary/aromatic N) is 2. The molecule has 0 saturated heterocycles. The van der Waals surface area contributed by atoms with Crippen molar-refractivity contribution in [2.45, 2.75) is 6.92 Å². The van der Waals surface area contributed by atoms with Crippen molar-refractivity contribution in [3.63, 3.8) is 0 Å². The van der Waals surface area contributed by atoms with Crippen LogP contribution in [-0.4, -0.2) is 30.1 Å². The van der Waals surface area contributed by atoms with Gasteiger partial charge in [-0.25, -0.2) is 0 Å². The molecule has 0 bridgehead atoms. The molecular weight excluding hydrogens is 251 g/mol. The highest BCUT2D eigenvalue weighted by Crippen LogP contribution is 2.30. The zero-order chi connectivity index (χ0) is 12.5. The molecule has 0 aromatic carbocycles. The summed E-state index contributed by atoms with van der Waals surface area (Å²) in [5.41, 5.74) is -0.256. The maximum absolute atomic E-state index is 11.8. The first-order valence-electron chi connectivity index (χ1n) is 4.45. The molecule has 0 aliphatic heterocycles. The molecule has 0 saturated carbocycles. The minimum Gasteiger partial charge on any atom is -0.370 e. The van der Waals surface area contributed by atoms with Crippen molar-refractivity contribution in [1.29, 1.82) is 5.26 Å². The van der Waals surface area contributed by atoms with Gasteiger partial charge in [0.2, 0.25) is 11.6 Å². The Hall–Kier alpha value is -1.31. The van der Waals surface area contributed by atoms with E-state index in [0.29, 0.717) is 6.54 Å². The van der Waals surface area contributed by atoms with Crippen molar-refractivity contribution in [3.8, 4) is 6.07 Å². The molecule has 1 rings (SSSR count). The van der Waals surface area contributed by atoms with Crippen LogP contribution in [0.3, 0.4) is 0 Å². The van der Waals surface area contributed by atoms with Gasteiger partial charge in [-0.05, 0) is 6.92 Å². The van der Waals surface area contributed by atoms with Crippen LogP contribution >= 0.6 is 23.2 Å². The van der Waals surface area contributed by atoms with Gasteiger partial charge in [-0.3, -0.25) is 9.59 Å². The van der Waals surface area contributed by atoms with E-state index in [1.165, 1.54) is 4.90 Å². The van der Waals surface area contributed by atoms with Crippen molar-refractivity contribution < 1.29 is 9.59 Å². The number of halogens is 2. The van der Waals surface area contributed by atoms with Crippen molar-refractivity contribution in [3.05, 3.63) is 21.3 Å². The number of hydrogen-bond acceptors (Lipinski definition) is 4. The predicted molar refractivity (Wildman–Crippen MR) is 59.7 cm³/mol. The second-order valence-corrected chi connectivity index (χ2v) is 3.89. The lowest BCUT2D eigenvalue weighted by atomic mass is 10.00. The van der Waals surface area contributed by atoms with E-state index in [0.717, 1.165) is 0 Å². The highest BCUT2D eigenvalue weighted by Gasteiger charge is 2.34. The van der Waals surface area contributed by atoms with Crippen LogP contribution in [0.25, 0.3) is 0 Å². The third-order valence-electron chi connectivity index (χ3n) is 2.24. The first kappa shape index (κ1) is 12.8. The van der Waals surface area contributed by atoms with Gasteiger partial charge in [0.25, 0.3) is 0 Å². The molecule has 0 amide bonds. The molecule has 0 spiro atoms. The molecule has 1 aliphatic carbocycles. The first-order valence-corrected chi connectivity index (χ1v) is 5.21. The number of hydrogen-bond donors (Lipinski definition) is 0. The number of carbonyl (C=O) groups excluding carboxylic acids is 2. The number of carbonyl (C=O) groups is 2. The van der Waals surface area contributed by atoms with Gasteiger partial charge in [0.15, 0.2) is 0 Å². The average Bonchev–Trinajstić information content (AvgIpc) is 2.29. The Balaban J connectivity index is 3.43. The largest absolute Gasteiger partial charge is 0.370 e. The Labute approximate surface area is 103 Å². The minimum atomic E-state index is -0.705. The Morgan fingerprint density at radius 3 is 2.19 bits per heavy atom. The summed E-state index contributed by atoms with van der Waals surface area (Å²) < 4.78 is 0. The number of Topliss-reactive ketones (excluding diaryl/α,β-unsaturated/α-hetero) is 2. The van der Waals surface area contributed by atoms with Gasteiger partial charge in [-0.2, -0.15) is 5.26 Å². The molecule has 16 heavy (non-hydrogen) atoms. The fourth-order valence-electron chi connectivity index (χ4n) is 1.26. The van der Waals surface area contributed by atoms with E-state index in [1.807, 2.05) is 0 Å². The summed E-state index contributed by atoms with van der Waals surface area (Å²) in [6.45, 7) is 2.26. The van der Waals surface area contributed by atoms with E-state index in [2.05, 4.69) is 0 Å². The van der Waals surface area contributed by atoms with E-state index < -0.39 is 16.6 Å². The van der Waals surface area contributed by atoms with Crippen LogP contribution in [0.15, 0.2) is 21.3 Å². The third-order valence-corrected chi connectivity index (χ3v) is 3.06. The van der Waals surface area contributed by atoms with E-state index in [9.17, 15) is 9.59 Å².